The van der Waals surface area contributed by atoms with Crippen LogP contribution in [0.5, 0.6) is 0 Å². The van der Waals surface area contributed by atoms with Crippen molar-refractivity contribution >= 4 is 16.9 Å². The van der Waals surface area contributed by atoms with Gasteiger partial charge in [-0.15, -0.1) is 0 Å². The third-order valence-electron chi connectivity index (χ3n) is 4.63. The van der Waals surface area contributed by atoms with E-state index < -0.39 is 0 Å². The highest BCUT2D eigenvalue weighted by molar-refractivity contribution is 5.97. The van der Waals surface area contributed by atoms with Crippen molar-refractivity contribution in [3.63, 3.8) is 0 Å². The summed E-state index contributed by atoms with van der Waals surface area (Å²) in [6.07, 6.45) is 0. The third-order valence-corrected chi connectivity index (χ3v) is 4.63. The summed E-state index contributed by atoms with van der Waals surface area (Å²) in [7, 11) is 2.09. The van der Waals surface area contributed by atoms with Crippen LogP contribution in [0, 0.1) is 0 Å². The summed E-state index contributed by atoms with van der Waals surface area (Å²) in [4.78, 5) is 14.9. The van der Waals surface area contributed by atoms with E-state index in [1.54, 1.807) is 12.1 Å². The number of likely N-dealkylation sites (tertiary alicyclic amines) is 1. The molecule has 1 amide bonds. The van der Waals surface area contributed by atoms with Crippen LogP contribution in [-0.4, -0.2) is 52.4 Å². The summed E-state index contributed by atoms with van der Waals surface area (Å²) < 4.78 is 0. The molecule has 0 radical (unpaired) electrons. The Bertz CT molecular complexity index is 860. The van der Waals surface area contributed by atoms with Crippen molar-refractivity contribution in [3.05, 3.63) is 59.7 Å². The molecule has 0 bridgehead atoms. The molecule has 2 aromatic carbocycles. The predicted octanol–water partition coefficient (Wildman–Crippen LogP) is 1.79. The topological polar surface area (TPSA) is 73.9 Å². The Labute approximate surface area is 139 Å². The van der Waals surface area contributed by atoms with Crippen molar-refractivity contribution in [1.29, 1.82) is 0 Å². The zero-order chi connectivity index (χ0) is 16.5. The number of likely N-dealkylation sites (N-methyl/N-ethyl adjacent to an activating group) is 1. The lowest BCUT2D eigenvalue weighted by atomic mass is 9.94. The molecule has 1 aliphatic rings. The SMILES string of the molecule is CN1CC(NC(=O)c2ccc3n[nH]nc3c2)C(c2ccccc2)C1. The molecule has 0 saturated carbocycles. The molecule has 2 unspecified atom stereocenters. The zero-order valence-corrected chi connectivity index (χ0v) is 13.4. The second-order valence-electron chi connectivity index (χ2n) is 6.35. The van der Waals surface area contributed by atoms with Crippen molar-refractivity contribution in [3.8, 4) is 0 Å². The van der Waals surface area contributed by atoms with Crippen molar-refractivity contribution in [2.75, 3.05) is 20.1 Å². The molecule has 2 N–H and O–H groups in total. The number of H-pyrrole nitrogens is 1. The molecule has 24 heavy (non-hydrogen) atoms. The van der Waals surface area contributed by atoms with Crippen molar-refractivity contribution in [2.24, 2.45) is 0 Å². The van der Waals surface area contributed by atoms with Crippen LogP contribution in [0.4, 0.5) is 0 Å². The molecular weight excluding hydrogens is 302 g/mol. The average molecular weight is 321 g/mol. The fourth-order valence-corrected chi connectivity index (χ4v) is 3.42. The lowest BCUT2D eigenvalue weighted by Crippen LogP contribution is -2.39. The van der Waals surface area contributed by atoms with E-state index in [0.717, 1.165) is 18.6 Å². The maximum atomic E-state index is 12.7. The highest BCUT2D eigenvalue weighted by Crippen LogP contribution is 2.27. The van der Waals surface area contributed by atoms with E-state index in [0.29, 0.717) is 17.0 Å². The number of nitrogens with zero attached hydrogens (tertiary/aromatic N) is 3. The molecule has 1 saturated heterocycles. The van der Waals surface area contributed by atoms with Crippen LogP contribution in [-0.2, 0) is 0 Å². The Kier molecular flexibility index (Phi) is 3.74. The molecule has 1 aromatic heterocycles. The first-order chi connectivity index (χ1) is 11.7. The first-order valence-electron chi connectivity index (χ1n) is 8.05. The number of aromatic amines is 1. The lowest BCUT2D eigenvalue weighted by Gasteiger charge is -2.20. The number of hydrogen-bond acceptors (Lipinski definition) is 4. The van der Waals surface area contributed by atoms with Gasteiger partial charge in [0.1, 0.15) is 11.0 Å². The second-order valence-corrected chi connectivity index (χ2v) is 6.35. The molecule has 6 nitrogen and oxygen atoms in total. The number of carbonyl (C=O) groups is 1. The lowest BCUT2D eigenvalue weighted by molar-refractivity contribution is 0.0936. The number of benzene rings is 2. The predicted molar refractivity (Wildman–Crippen MR) is 91.8 cm³/mol. The molecule has 2 atom stereocenters. The molecule has 1 fully saturated rings. The van der Waals surface area contributed by atoms with Gasteiger partial charge in [-0.05, 0) is 30.8 Å². The molecule has 2 heterocycles. The molecule has 0 aliphatic carbocycles. The van der Waals surface area contributed by atoms with Gasteiger partial charge in [0.25, 0.3) is 5.91 Å². The number of aromatic nitrogens is 3. The van der Waals surface area contributed by atoms with Crippen LogP contribution in [0.15, 0.2) is 48.5 Å². The van der Waals surface area contributed by atoms with Gasteiger partial charge in [-0.1, -0.05) is 30.3 Å². The zero-order valence-electron chi connectivity index (χ0n) is 13.4. The van der Waals surface area contributed by atoms with E-state index >= 15 is 0 Å². The van der Waals surface area contributed by atoms with Gasteiger partial charge >= 0.3 is 0 Å². The molecular formula is C18H19N5O. The molecule has 4 rings (SSSR count). The largest absolute Gasteiger partial charge is 0.347 e. The van der Waals surface area contributed by atoms with Crippen molar-refractivity contribution < 1.29 is 4.79 Å². The standard InChI is InChI=1S/C18H19N5O/c1-23-10-14(12-5-3-2-4-6-12)17(11-23)19-18(24)13-7-8-15-16(9-13)21-22-20-15/h2-9,14,17H,10-11H2,1H3,(H,19,24)(H,20,21,22). The van der Waals surface area contributed by atoms with Crippen LogP contribution in [0.1, 0.15) is 21.8 Å². The molecule has 6 heteroatoms. The van der Waals surface area contributed by atoms with Crippen molar-refractivity contribution in [1.82, 2.24) is 25.6 Å². The van der Waals surface area contributed by atoms with Crippen LogP contribution in [0.25, 0.3) is 11.0 Å². The number of fused-ring (bicyclic) bond motifs is 1. The van der Waals surface area contributed by atoms with Gasteiger partial charge in [-0.3, -0.25) is 4.79 Å². The molecule has 3 aromatic rings. The van der Waals surface area contributed by atoms with Gasteiger partial charge < -0.3 is 10.2 Å². The van der Waals surface area contributed by atoms with Gasteiger partial charge in [0, 0.05) is 30.6 Å². The first kappa shape index (κ1) is 14.8. The summed E-state index contributed by atoms with van der Waals surface area (Å²) >= 11 is 0. The highest BCUT2D eigenvalue weighted by Gasteiger charge is 2.33. The monoisotopic (exact) mass is 321 g/mol. The smallest absolute Gasteiger partial charge is 0.251 e. The van der Waals surface area contributed by atoms with Crippen LogP contribution < -0.4 is 5.32 Å². The van der Waals surface area contributed by atoms with Gasteiger partial charge in [0.05, 0.1) is 0 Å². The molecule has 1 aliphatic heterocycles. The van der Waals surface area contributed by atoms with E-state index in [1.807, 2.05) is 24.3 Å². The number of hydrogen-bond donors (Lipinski definition) is 2. The van der Waals surface area contributed by atoms with Crippen LogP contribution in [0.2, 0.25) is 0 Å². The van der Waals surface area contributed by atoms with E-state index in [2.05, 4.69) is 44.8 Å². The Morgan fingerprint density at radius 1 is 1.12 bits per heavy atom. The van der Waals surface area contributed by atoms with Gasteiger partial charge in [-0.2, -0.15) is 15.4 Å². The Hall–Kier alpha value is -2.73. The minimum Gasteiger partial charge on any atom is -0.347 e. The van der Waals surface area contributed by atoms with Gasteiger partial charge in [0.2, 0.25) is 0 Å². The van der Waals surface area contributed by atoms with Gasteiger partial charge in [-0.25, -0.2) is 0 Å². The number of rotatable bonds is 3. The van der Waals surface area contributed by atoms with E-state index in [9.17, 15) is 4.79 Å². The molecule has 122 valence electrons. The molecule has 0 spiro atoms. The minimum absolute atomic E-state index is 0.0684. The van der Waals surface area contributed by atoms with Gasteiger partial charge in [0.15, 0.2) is 0 Å². The maximum Gasteiger partial charge on any atom is 0.251 e. The second kappa shape index (κ2) is 6.05. The Balaban J connectivity index is 1.55. The quantitative estimate of drug-likeness (QED) is 0.771. The van der Waals surface area contributed by atoms with E-state index in [4.69, 9.17) is 0 Å². The highest BCUT2D eigenvalue weighted by atomic mass is 16.1. The van der Waals surface area contributed by atoms with E-state index in [1.165, 1.54) is 5.56 Å². The summed E-state index contributed by atoms with van der Waals surface area (Å²) in [5, 5.41) is 13.8. The minimum atomic E-state index is -0.0684. The summed E-state index contributed by atoms with van der Waals surface area (Å²) in [5.41, 5.74) is 3.33. The number of carbonyl (C=O) groups excluding carboxylic acids is 1. The summed E-state index contributed by atoms with van der Waals surface area (Å²) in [6, 6.07) is 15.8. The number of amides is 1. The number of nitrogens with one attached hydrogen (secondary N) is 2. The summed E-state index contributed by atoms with van der Waals surface area (Å²) in [5.74, 6) is 0.233. The fourth-order valence-electron chi connectivity index (χ4n) is 3.42. The van der Waals surface area contributed by atoms with Crippen LogP contribution in [0.3, 0.4) is 0 Å². The van der Waals surface area contributed by atoms with Crippen LogP contribution >= 0.6 is 0 Å². The maximum absolute atomic E-state index is 12.7. The fraction of sp³-hybridized carbons (Fsp3) is 0.278. The first-order valence-corrected chi connectivity index (χ1v) is 8.05. The third kappa shape index (κ3) is 2.76. The average Bonchev–Trinajstić information content (AvgIpc) is 3.21. The summed E-state index contributed by atoms with van der Waals surface area (Å²) in [6.45, 7) is 1.79. The Morgan fingerprint density at radius 2 is 1.92 bits per heavy atom. The Morgan fingerprint density at radius 3 is 2.75 bits per heavy atom. The van der Waals surface area contributed by atoms with Crippen molar-refractivity contribution in [2.45, 2.75) is 12.0 Å². The normalized spacial score (nSPS) is 21.2. The van der Waals surface area contributed by atoms with E-state index in [-0.39, 0.29) is 11.9 Å².